The van der Waals surface area contributed by atoms with Gasteiger partial charge in [-0.25, -0.2) is 9.97 Å². The summed E-state index contributed by atoms with van der Waals surface area (Å²) < 4.78 is 2.40. The van der Waals surface area contributed by atoms with Gasteiger partial charge in [-0.3, -0.25) is 9.78 Å². The first-order valence-corrected chi connectivity index (χ1v) is 9.00. The number of piperidine rings is 1. The second-order valence-corrected chi connectivity index (χ2v) is 6.59. The Bertz CT molecular complexity index is 942. The van der Waals surface area contributed by atoms with Gasteiger partial charge < -0.3 is 15.2 Å². The molecule has 1 aromatic carbocycles. The summed E-state index contributed by atoms with van der Waals surface area (Å²) in [5.41, 5.74) is 7.79. The molecule has 0 atom stereocenters. The molecule has 1 amide bonds. The molecule has 4 rings (SSSR count). The number of aromatic nitrogens is 4. The zero-order valence-electron chi connectivity index (χ0n) is 14.8. The molecule has 3 aromatic rings. The minimum Gasteiger partial charge on any atom is -0.364 e. The van der Waals surface area contributed by atoms with E-state index in [0.717, 1.165) is 43.7 Å². The molecule has 3 heterocycles. The van der Waals surface area contributed by atoms with Gasteiger partial charge in [0, 0.05) is 25.6 Å². The van der Waals surface area contributed by atoms with Crippen LogP contribution in [0.2, 0.25) is 0 Å². The minimum absolute atomic E-state index is 0.207. The van der Waals surface area contributed by atoms with Crippen molar-refractivity contribution in [3.63, 3.8) is 0 Å². The molecule has 26 heavy (non-hydrogen) atoms. The SMILES string of the molecule is CCc1nc2ccccc2n1C1CCN(c2cncc(C(N)=O)n2)CC1. The topological polar surface area (TPSA) is 89.9 Å². The molecule has 0 radical (unpaired) electrons. The lowest BCUT2D eigenvalue weighted by atomic mass is 10.0. The minimum atomic E-state index is -0.549. The first-order valence-electron chi connectivity index (χ1n) is 9.00. The number of carbonyl (C=O) groups is 1. The monoisotopic (exact) mass is 350 g/mol. The number of hydrogen-bond donors (Lipinski definition) is 1. The lowest BCUT2D eigenvalue weighted by molar-refractivity contribution is 0.0995. The van der Waals surface area contributed by atoms with E-state index in [1.165, 1.54) is 11.7 Å². The molecule has 0 spiro atoms. The molecule has 2 aromatic heterocycles. The highest BCUT2D eigenvalue weighted by Crippen LogP contribution is 2.30. The molecule has 0 aliphatic carbocycles. The predicted octanol–water partition coefficient (Wildman–Crippen LogP) is 2.33. The van der Waals surface area contributed by atoms with Gasteiger partial charge in [0.1, 0.15) is 17.3 Å². The van der Waals surface area contributed by atoms with Crippen molar-refractivity contribution in [3.8, 4) is 0 Å². The Labute approximate surface area is 151 Å². The van der Waals surface area contributed by atoms with Gasteiger partial charge in [-0.15, -0.1) is 0 Å². The number of nitrogens with zero attached hydrogens (tertiary/aromatic N) is 5. The second kappa shape index (κ2) is 6.74. The number of primary amides is 1. The molecule has 0 bridgehead atoms. The molecule has 1 saturated heterocycles. The summed E-state index contributed by atoms with van der Waals surface area (Å²) in [6, 6.07) is 8.74. The third kappa shape index (κ3) is 2.89. The Morgan fingerprint density at radius 3 is 2.69 bits per heavy atom. The summed E-state index contributed by atoms with van der Waals surface area (Å²) in [6.07, 6.45) is 6.01. The van der Waals surface area contributed by atoms with Crippen LogP contribution >= 0.6 is 0 Å². The molecule has 1 aliphatic rings. The van der Waals surface area contributed by atoms with E-state index in [1.54, 1.807) is 6.20 Å². The van der Waals surface area contributed by atoms with Crippen molar-refractivity contribution >= 4 is 22.8 Å². The van der Waals surface area contributed by atoms with Gasteiger partial charge >= 0.3 is 0 Å². The molecule has 1 fully saturated rings. The van der Waals surface area contributed by atoms with Crippen molar-refractivity contribution in [1.82, 2.24) is 19.5 Å². The highest BCUT2D eigenvalue weighted by atomic mass is 16.1. The van der Waals surface area contributed by atoms with Crippen LogP contribution in [-0.2, 0) is 6.42 Å². The van der Waals surface area contributed by atoms with Gasteiger partial charge in [0.25, 0.3) is 5.91 Å². The zero-order chi connectivity index (χ0) is 18.1. The van der Waals surface area contributed by atoms with Gasteiger partial charge in [0.05, 0.1) is 23.4 Å². The molecule has 7 heteroatoms. The maximum atomic E-state index is 11.3. The van der Waals surface area contributed by atoms with Gasteiger partial charge in [0.2, 0.25) is 0 Å². The Morgan fingerprint density at radius 2 is 1.96 bits per heavy atom. The van der Waals surface area contributed by atoms with E-state index in [4.69, 9.17) is 10.7 Å². The Balaban J connectivity index is 1.56. The van der Waals surface area contributed by atoms with Crippen molar-refractivity contribution in [2.24, 2.45) is 5.73 Å². The van der Waals surface area contributed by atoms with Crippen LogP contribution in [-0.4, -0.2) is 38.5 Å². The van der Waals surface area contributed by atoms with E-state index in [0.29, 0.717) is 11.9 Å². The number of anilines is 1. The summed E-state index contributed by atoms with van der Waals surface area (Å²) in [4.78, 5) is 26.7. The number of carbonyl (C=O) groups excluding carboxylic acids is 1. The Kier molecular flexibility index (Phi) is 4.28. The maximum Gasteiger partial charge on any atom is 0.268 e. The first kappa shape index (κ1) is 16.5. The average molecular weight is 350 g/mol. The number of fused-ring (bicyclic) bond motifs is 1. The van der Waals surface area contributed by atoms with Crippen LogP contribution in [0.1, 0.15) is 42.1 Å². The average Bonchev–Trinajstić information content (AvgIpc) is 3.07. The van der Waals surface area contributed by atoms with E-state index >= 15 is 0 Å². The fourth-order valence-electron chi connectivity index (χ4n) is 3.73. The summed E-state index contributed by atoms with van der Waals surface area (Å²) in [6.45, 7) is 3.87. The van der Waals surface area contributed by atoms with Crippen LogP contribution < -0.4 is 10.6 Å². The molecule has 134 valence electrons. The van der Waals surface area contributed by atoms with Gasteiger partial charge in [0.15, 0.2) is 0 Å². The van der Waals surface area contributed by atoms with Crippen molar-refractivity contribution in [2.45, 2.75) is 32.2 Å². The summed E-state index contributed by atoms with van der Waals surface area (Å²) in [7, 11) is 0. The molecular formula is C19H22N6O. The highest BCUT2D eigenvalue weighted by molar-refractivity contribution is 5.90. The molecular weight excluding hydrogens is 328 g/mol. The molecule has 0 unspecified atom stereocenters. The third-order valence-corrected chi connectivity index (χ3v) is 5.01. The molecule has 1 aliphatic heterocycles. The number of nitrogens with two attached hydrogens (primary N) is 1. The fourth-order valence-corrected chi connectivity index (χ4v) is 3.73. The third-order valence-electron chi connectivity index (χ3n) is 5.01. The smallest absolute Gasteiger partial charge is 0.268 e. The number of rotatable bonds is 4. The standard InChI is InChI=1S/C19H22N6O/c1-2-17-22-14-5-3-4-6-16(14)25(17)13-7-9-24(10-8-13)18-12-21-11-15(23-18)19(20)26/h3-6,11-13H,2,7-10H2,1H3,(H2,20,26). The van der Waals surface area contributed by atoms with Crippen LogP contribution in [0.4, 0.5) is 5.82 Å². The quantitative estimate of drug-likeness (QED) is 0.780. The summed E-state index contributed by atoms with van der Waals surface area (Å²) in [5.74, 6) is 1.30. The fraction of sp³-hybridized carbons (Fsp3) is 0.368. The Hall–Kier alpha value is -2.96. The van der Waals surface area contributed by atoms with Gasteiger partial charge in [-0.05, 0) is 25.0 Å². The number of amides is 1. The lowest BCUT2D eigenvalue weighted by Gasteiger charge is -2.34. The lowest BCUT2D eigenvalue weighted by Crippen LogP contribution is -2.36. The van der Waals surface area contributed by atoms with Crippen molar-refractivity contribution in [2.75, 3.05) is 18.0 Å². The van der Waals surface area contributed by atoms with Crippen LogP contribution in [0.5, 0.6) is 0 Å². The number of para-hydroxylation sites is 2. The number of hydrogen-bond acceptors (Lipinski definition) is 5. The highest BCUT2D eigenvalue weighted by Gasteiger charge is 2.25. The van der Waals surface area contributed by atoms with Crippen LogP contribution in [0.25, 0.3) is 11.0 Å². The first-order chi connectivity index (χ1) is 12.7. The number of imidazole rings is 1. The Morgan fingerprint density at radius 1 is 1.19 bits per heavy atom. The van der Waals surface area contributed by atoms with E-state index < -0.39 is 5.91 Å². The molecule has 0 saturated carbocycles. The van der Waals surface area contributed by atoms with Crippen LogP contribution in [0.15, 0.2) is 36.7 Å². The van der Waals surface area contributed by atoms with E-state index in [-0.39, 0.29) is 5.69 Å². The molecule has 2 N–H and O–H groups in total. The van der Waals surface area contributed by atoms with Gasteiger partial charge in [-0.1, -0.05) is 19.1 Å². The van der Waals surface area contributed by atoms with Crippen LogP contribution in [0, 0.1) is 0 Å². The number of benzene rings is 1. The van der Waals surface area contributed by atoms with Crippen molar-refractivity contribution < 1.29 is 4.79 Å². The largest absolute Gasteiger partial charge is 0.364 e. The van der Waals surface area contributed by atoms with Crippen LogP contribution in [0.3, 0.4) is 0 Å². The van der Waals surface area contributed by atoms with E-state index in [2.05, 4.69) is 44.6 Å². The number of aryl methyl sites for hydroxylation is 1. The summed E-state index contributed by atoms with van der Waals surface area (Å²) in [5, 5.41) is 0. The zero-order valence-corrected chi connectivity index (χ0v) is 14.8. The predicted molar refractivity (Wildman–Crippen MR) is 100 cm³/mol. The van der Waals surface area contributed by atoms with Crippen molar-refractivity contribution in [1.29, 1.82) is 0 Å². The summed E-state index contributed by atoms with van der Waals surface area (Å²) >= 11 is 0. The second-order valence-electron chi connectivity index (χ2n) is 6.59. The van der Waals surface area contributed by atoms with Gasteiger partial charge in [-0.2, -0.15) is 0 Å². The van der Waals surface area contributed by atoms with E-state index in [1.807, 2.05) is 6.07 Å². The normalized spacial score (nSPS) is 15.5. The maximum absolute atomic E-state index is 11.3. The molecule has 7 nitrogen and oxygen atoms in total. The van der Waals surface area contributed by atoms with E-state index in [9.17, 15) is 4.79 Å². The van der Waals surface area contributed by atoms with Crippen molar-refractivity contribution in [3.05, 3.63) is 48.2 Å².